The van der Waals surface area contributed by atoms with Gasteiger partial charge in [0.2, 0.25) is 17.6 Å². The van der Waals surface area contributed by atoms with Crippen molar-refractivity contribution >= 4 is 5.91 Å². The third-order valence-electron chi connectivity index (χ3n) is 3.90. The summed E-state index contributed by atoms with van der Waals surface area (Å²) >= 11 is 0. The van der Waals surface area contributed by atoms with Crippen LogP contribution in [0.5, 0.6) is 0 Å². The predicted molar refractivity (Wildman–Crippen MR) is 93.5 cm³/mol. The van der Waals surface area contributed by atoms with E-state index < -0.39 is 0 Å². The molecule has 0 aliphatic carbocycles. The molecule has 9 heteroatoms. The van der Waals surface area contributed by atoms with E-state index in [1.54, 1.807) is 17.1 Å². The number of carbonyl (C=O) groups excluding carboxylic acids is 1. The molecule has 0 radical (unpaired) electrons. The Balaban J connectivity index is 1.28. The maximum atomic E-state index is 12.1. The summed E-state index contributed by atoms with van der Waals surface area (Å²) in [6, 6.07) is 9.47. The van der Waals surface area contributed by atoms with Gasteiger partial charge in [-0.15, -0.1) is 0 Å². The zero-order valence-corrected chi connectivity index (χ0v) is 14.3. The number of furan rings is 1. The molecule has 0 saturated carbocycles. The summed E-state index contributed by atoms with van der Waals surface area (Å²) in [7, 11) is 0. The second-order valence-corrected chi connectivity index (χ2v) is 5.81. The van der Waals surface area contributed by atoms with Gasteiger partial charge in [0.1, 0.15) is 18.9 Å². The first kappa shape index (κ1) is 16.7. The molecule has 0 fully saturated rings. The first-order valence-corrected chi connectivity index (χ1v) is 8.34. The van der Waals surface area contributed by atoms with Crippen LogP contribution in [0.1, 0.15) is 17.9 Å². The zero-order valence-electron chi connectivity index (χ0n) is 14.3. The number of rotatable bonds is 7. The highest BCUT2D eigenvalue weighted by Crippen LogP contribution is 2.16. The zero-order chi connectivity index (χ0) is 18.5. The molecule has 1 aromatic carbocycles. The van der Waals surface area contributed by atoms with E-state index in [0.29, 0.717) is 24.7 Å². The third-order valence-corrected chi connectivity index (χ3v) is 3.90. The number of benzene rings is 1. The van der Waals surface area contributed by atoms with E-state index in [1.165, 1.54) is 18.9 Å². The number of aromatic nitrogens is 5. The Morgan fingerprint density at radius 1 is 1.26 bits per heavy atom. The highest BCUT2D eigenvalue weighted by atomic mass is 16.5. The quantitative estimate of drug-likeness (QED) is 0.535. The van der Waals surface area contributed by atoms with E-state index in [9.17, 15) is 4.79 Å². The van der Waals surface area contributed by atoms with Crippen molar-refractivity contribution in [3.05, 3.63) is 67.0 Å². The van der Waals surface area contributed by atoms with Gasteiger partial charge in [0, 0.05) is 19.4 Å². The Morgan fingerprint density at radius 2 is 2.22 bits per heavy atom. The molecule has 0 unspecified atom stereocenters. The minimum atomic E-state index is -0.0933. The Labute approximate surface area is 154 Å². The fraction of sp³-hybridized carbons (Fsp3) is 0.167. The first-order valence-electron chi connectivity index (χ1n) is 8.34. The molecule has 0 spiro atoms. The maximum absolute atomic E-state index is 12.1. The van der Waals surface area contributed by atoms with Crippen molar-refractivity contribution in [1.82, 2.24) is 30.2 Å². The van der Waals surface area contributed by atoms with E-state index in [4.69, 9.17) is 8.94 Å². The number of nitrogens with one attached hydrogen (secondary N) is 1. The largest absolute Gasteiger partial charge is 0.472 e. The van der Waals surface area contributed by atoms with Gasteiger partial charge in [-0.3, -0.25) is 4.79 Å². The Hall–Kier alpha value is -3.75. The third kappa shape index (κ3) is 4.09. The Kier molecular flexibility index (Phi) is 4.73. The minimum Gasteiger partial charge on any atom is -0.472 e. The highest BCUT2D eigenvalue weighted by molar-refractivity contribution is 5.76. The van der Waals surface area contributed by atoms with E-state index in [1.807, 2.05) is 24.3 Å². The molecule has 3 aromatic heterocycles. The van der Waals surface area contributed by atoms with E-state index in [0.717, 1.165) is 16.8 Å². The van der Waals surface area contributed by atoms with Gasteiger partial charge in [0.05, 0.1) is 17.5 Å². The summed E-state index contributed by atoms with van der Waals surface area (Å²) in [5, 5.41) is 10.9. The smallest absolute Gasteiger partial charge is 0.227 e. The fourth-order valence-corrected chi connectivity index (χ4v) is 2.53. The van der Waals surface area contributed by atoms with Crippen molar-refractivity contribution in [2.45, 2.75) is 19.4 Å². The SMILES string of the molecule is O=C(CCc1nc(-c2ccoc2)no1)NCc1cccc(-n2cncn2)c1. The predicted octanol–water partition coefficient (Wildman–Crippen LogP) is 2.16. The van der Waals surface area contributed by atoms with Crippen molar-refractivity contribution < 1.29 is 13.7 Å². The summed E-state index contributed by atoms with van der Waals surface area (Å²) in [5.74, 6) is 0.767. The van der Waals surface area contributed by atoms with Crippen molar-refractivity contribution in [2.75, 3.05) is 0 Å². The summed E-state index contributed by atoms with van der Waals surface area (Å²) in [4.78, 5) is 20.3. The van der Waals surface area contributed by atoms with Crippen LogP contribution in [0.25, 0.3) is 17.1 Å². The number of hydrogen-bond donors (Lipinski definition) is 1. The lowest BCUT2D eigenvalue weighted by atomic mass is 10.2. The number of hydrogen-bond acceptors (Lipinski definition) is 7. The molecule has 1 amide bonds. The van der Waals surface area contributed by atoms with Gasteiger partial charge >= 0.3 is 0 Å². The number of aryl methyl sites for hydroxylation is 1. The second-order valence-electron chi connectivity index (χ2n) is 5.81. The highest BCUT2D eigenvalue weighted by Gasteiger charge is 2.11. The second kappa shape index (κ2) is 7.65. The standard InChI is InChI=1S/C18H16N6O3/c25-16(4-5-17-22-18(23-27-17)14-6-7-26-10-14)20-9-13-2-1-3-15(8-13)24-12-19-11-21-24/h1-3,6-8,10-12H,4-5,9H2,(H,20,25). The molecular formula is C18H16N6O3. The Morgan fingerprint density at radius 3 is 3.04 bits per heavy atom. The molecular weight excluding hydrogens is 348 g/mol. The van der Waals surface area contributed by atoms with Crippen LogP contribution in [-0.4, -0.2) is 30.8 Å². The molecule has 1 N–H and O–H groups in total. The fourth-order valence-electron chi connectivity index (χ4n) is 2.53. The van der Waals surface area contributed by atoms with Gasteiger partial charge in [0.25, 0.3) is 0 Å². The van der Waals surface area contributed by atoms with Crippen molar-refractivity contribution in [3.8, 4) is 17.1 Å². The van der Waals surface area contributed by atoms with Crippen LogP contribution in [0.4, 0.5) is 0 Å². The first-order chi connectivity index (χ1) is 13.3. The summed E-state index contributed by atoms with van der Waals surface area (Å²) in [5.41, 5.74) is 2.59. The van der Waals surface area contributed by atoms with Crippen LogP contribution in [-0.2, 0) is 17.8 Å². The molecule has 0 bridgehead atoms. The van der Waals surface area contributed by atoms with Crippen LogP contribution >= 0.6 is 0 Å². The lowest BCUT2D eigenvalue weighted by molar-refractivity contribution is -0.121. The lowest BCUT2D eigenvalue weighted by Crippen LogP contribution is -2.23. The van der Waals surface area contributed by atoms with Gasteiger partial charge in [-0.2, -0.15) is 10.1 Å². The monoisotopic (exact) mass is 364 g/mol. The molecule has 4 aromatic rings. The summed E-state index contributed by atoms with van der Waals surface area (Å²) in [6.45, 7) is 0.422. The molecule has 3 heterocycles. The van der Waals surface area contributed by atoms with Gasteiger partial charge in [-0.05, 0) is 23.8 Å². The minimum absolute atomic E-state index is 0.0933. The Bertz CT molecular complexity index is 1010. The van der Waals surface area contributed by atoms with Crippen LogP contribution in [0.15, 0.2) is 64.5 Å². The van der Waals surface area contributed by atoms with E-state index in [2.05, 4.69) is 25.5 Å². The van der Waals surface area contributed by atoms with Crippen molar-refractivity contribution in [3.63, 3.8) is 0 Å². The van der Waals surface area contributed by atoms with Crippen LogP contribution in [0, 0.1) is 0 Å². The molecule has 0 saturated heterocycles. The molecule has 0 aliphatic rings. The van der Waals surface area contributed by atoms with Crippen molar-refractivity contribution in [2.24, 2.45) is 0 Å². The number of amides is 1. The number of carbonyl (C=O) groups is 1. The maximum Gasteiger partial charge on any atom is 0.227 e. The lowest BCUT2D eigenvalue weighted by Gasteiger charge is -2.07. The van der Waals surface area contributed by atoms with Gasteiger partial charge < -0.3 is 14.3 Å². The molecule has 0 atom stereocenters. The average molecular weight is 364 g/mol. The molecule has 9 nitrogen and oxygen atoms in total. The topological polar surface area (TPSA) is 112 Å². The molecule has 0 aliphatic heterocycles. The normalized spacial score (nSPS) is 10.8. The average Bonchev–Trinajstić information content (AvgIpc) is 3.46. The molecule has 4 rings (SSSR count). The van der Waals surface area contributed by atoms with E-state index in [-0.39, 0.29) is 12.3 Å². The van der Waals surface area contributed by atoms with Crippen LogP contribution in [0.2, 0.25) is 0 Å². The van der Waals surface area contributed by atoms with E-state index >= 15 is 0 Å². The number of nitrogens with zero attached hydrogens (tertiary/aromatic N) is 5. The molecule has 27 heavy (non-hydrogen) atoms. The van der Waals surface area contributed by atoms with Gasteiger partial charge in [-0.1, -0.05) is 17.3 Å². The summed E-state index contributed by atoms with van der Waals surface area (Å²) in [6.07, 6.45) is 6.81. The van der Waals surface area contributed by atoms with Gasteiger partial charge in [-0.25, -0.2) is 9.67 Å². The summed E-state index contributed by atoms with van der Waals surface area (Å²) < 4.78 is 11.8. The van der Waals surface area contributed by atoms with Crippen LogP contribution < -0.4 is 5.32 Å². The molecule has 136 valence electrons. The van der Waals surface area contributed by atoms with Gasteiger partial charge in [0.15, 0.2) is 0 Å². The van der Waals surface area contributed by atoms with Crippen LogP contribution in [0.3, 0.4) is 0 Å². The van der Waals surface area contributed by atoms with Crippen molar-refractivity contribution in [1.29, 1.82) is 0 Å².